The molecule has 162 valence electrons. The van der Waals surface area contributed by atoms with Crippen molar-refractivity contribution < 1.29 is 23.2 Å². The third-order valence-electron chi connectivity index (χ3n) is 7.07. The fourth-order valence-electron chi connectivity index (χ4n) is 5.40. The largest absolute Gasteiger partial charge is 0.353 e. The zero-order chi connectivity index (χ0) is 21.5. The second-order valence-electron chi connectivity index (χ2n) is 8.87. The first-order valence-corrected chi connectivity index (χ1v) is 10.7. The summed E-state index contributed by atoms with van der Waals surface area (Å²) < 4.78 is 29.0. The van der Waals surface area contributed by atoms with Crippen LogP contribution in [0.4, 0.5) is 13.6 Å². The number of urea groups is 1. The summed E-state index contributed by atoms with van der Waals surface area (Å²) in [5, 5.41) is 5.54. The van der Waals surface area contributed by atoms with Gasteiger partial charge in [-0.3, -0.25) is 9.59 Å². The standard InChI is InChI=1S/C22H27F2N3O3/c1-14(27-19(29)22(26-20(27)30)11-4-5-12-22)18(28)25-13-21(9-2-3-10-21)17-15(23)7-6-8-16(17)24/h6-8,14H,2-5,9-13H2,1H3,(H,25,28)(H,26,30). The average molecular weight is 419 g/mol. The van der Waals surface area contributed by atoms with Crippen molar-refractivity contribution in [2.24, 2.45) is 0 Å². The van der Waals surface area contributed by atoms with Crippen LogP contribution in [0.25, 0.3) is 0 Å². The molecule has 1 saturated heterocycles. The van der Waals surface area contributed by atoms with Gasteiger partial charge in [-0.05, 0) is 44.7 Å². The lowest BCUT2D eigenvalue weighted by Crippen LogP contribution is -2.52. The molecular formula is C22H27F2N3O3. The molecule has 1 heterocycles. The summed E-state index contributed by atoms with van der Waals surface area (Å²) in [5.41, 5.74) is -1.70. The van der Waals surface area contributed by atoms with E-state index in [0.29, 0.717) is 25.7 Å². The zero-order valence-electron chi connectivity index (χ0n) is 17.1. The normalized spacial score (nSPS) is 23.1. The summed E-state index contributed by atoms with van der Waals surface area (Å²) in [6, 6.07) is 2.24. The van der Waals surface area contributed by atoms with Crippen LogP contribution in [0, 0.1) is 11.6 Å². The molecule has 3 fully saturated rings. The second kappa shape index (κ2) is 7.63. The van der Waals surface area contributed by atoms with Crippen LogP contribution in [0.15, 0.2) is 18.2 Å². The van der Waals surface area contributed by atoms with Crippen LogP contribution in [0.3, 0.4) is 0 Å². The Morgan fingerprint density at radius 1 is 1.10 bits per heavy atom. The van der Waals surface area contributed by atoms with Gasteiger partial charge in [0.25, 0.3) is 5.91 Å². The molecule has 2 aliphatic carbocycles. The lowest BCUT2D eigenvalue weighted by molar-refractivity contribution is -0.137. The fourth-order valence-corrected chi connectivity index (χ4v) is 5.40. The summed E-state index contributed by atoms with van der Waals surface area (Å²) in [6.45, 7) is 1.56. The molecule has 1 aliphatic heterocycles. The highest BCUT2D eigenvalue weighted by molar-refractivity contribution is 6.09. The molecule has 3 aliphatic rings. The number of imide groups is 1. The molecule has 0 aromatic heterocycles. The molecular weight excluding hydrogens is 392 g/mol. The smallest absolute Gasteiger partial charge is 0.325 e. The minimum Gasteiger partial charge on any atom is -0.353 e. The monoisotopic (exact) mass is 419 g/mol. The van der Waals surface area contributed by atoms with Crippen molar-refractivity contribution >= 4 is 17.8 Å². The van der Waals surface area contributed by atoms with E-state index in [9.17, 15) is 23.2 Å². The lowest BCUT2D eigenvalue weighted by atomic mass is 9.78. The molecule has 0 radical (unpaired) electrons. The number of carbonyl (C=O) groups excluding carboxylic acids is 3. The van der Waals surface area contributed by atoms with Gasteiger partial charge in [-0.15, -0.1) is 0 Å². The minimum absolute atomic E-state index is 0.00959. The quantitative estimate of drug-likeness (QED) is 0.720. The predicted molar refractivity (Wildman–Crippen MR) is 106 cm³/mol. The van der Waals surface area contributed by atoms with Gasteiger partial charge >= 0.3 is 6.03 Å². The van der Waals surface area contributed by atoms with Crippen molar-refractivity contribution in [3.05, 3.63) is 35.4 Å². The maximum Gasteiger partial charge on any atom is 0.325 e. The summed E-state index contributed by atoms with van der Waals surface area (Å²) in [4.78, 5) is 39.2. The first-order valence-electron chi connectivity index (χ1n) is 10.7. The van der Waals surface area contributed by atoms with Gasteiger partial charge in [-0.2, -0.15) is 0 Å². The molecule has 4 amide bonds. The van der Waals surface area contributed by atoms with Crippen LogP contribution >= 0.6 is 0 Å². The van der Waals surface area contributed by atoms with Gasteiger partial charge in [0.15, 0.2) is 0 Å². The van der Waals surface area contributed by atoms with E-state index in [1.54, 1.807) is 0 Å². The number of hydrogen-bond acceptors (Lipinski definition) is 3. The molecule has 2 saturated carbocycles. The van der Waals surface area contributed by atoms with Crippen LogP contribution in [0.5, 0.6) is 0 Å². The van der Waals surface area contributed by atoms with Crippen LogP contribution in [0.2, 0.25) is 0 Å². The minimum atomic E-state index is -0.999. The third kappa shape index (κ3) is 3.26. The van der Waals surface area contributed by atoms with Gasteiger partial charge in [0.1, 0.15) is 23.2 Å². The van der Waals surface area contributed by atoms with E-state index < -0.39 is 40.6 Å². The van der Waals surface area contributed by atoms with E-state index in [1.165, 1.54) is 25.1 Å². The van der Waals surface area contributed by atoms with E-state index in [0.717, 1.165) is 30.6 Å². The predicted octanol–water partition coefficient (Wildman–Crippen LogP) is 3.15. The van der Waals surface area contributed by atoms with E-state index in [-0.39, 0.29) is 18.0 Å². The molecule has 1 aromatic rings. The van der Waals surface area contributed by atoms with Gasteiger partial charge in [-0.1, -0.05) is 31.7 Å². The first-order chi connectivity index (χ1) is 14.3. The first kappa shape index (κ1) is 20.8. The van der Waals surface area contributed by atoms with Crippen molar-refractivity contribution in [1.29, 1.82) is 0 Å². The summed E-state index contributed by atoms with van der Waals surface area (Å²) in [5.74, 6) is -2.09. The van der Waals surface area contributed by atoms with Crippen LogP contribution in [-0.4, -0.2) is 40.9 Å². The number of nitrogens with zero attached hydrogens (tertiary/aromatic N) is 1. The fraction of sp³-hybridized carbons (Fsp3) is 0.591. The summed E-state index contributed by atoms with van der Waals surface area (Å²) in [7, 11) is 0. The number of carbonyl (C=O) groups is 3. The Balaban J connectivity index is 1.49. The van der Waals surface area contributed by atoms with Crippen molar-refractivity contribution in [3.8, 4) is 0 Å². The van der Waals surface area contributed by atoms with E-state index in [2.05, 4.69) is 10.6 Å². The molecule has 8 heteroatoms. The van der Waals surface area contributed by atoms with E-state index in [1.807, 2.05) is 0 Å². The van der Waals surface area contributed by atoms with Crippen LogP contribution in [0.1, 0.15) is 63.9 Å². The highest BCUT2D eigenvalue weighted by Crippen LogP contribution is 2.43. The Morgan fingerprint density at radius 2 is 1.67 bits per heavy atom. The summed E-state index contributed by atoms with van der Waals surface area (Å²) >= 11 is 0. The molecule has 30 heavy (non-hydrogen) atoms. The van der Waals surface area contributed by atoms with Gasteiger partial charge in [0.05, 0.1) is 0 Å². The lowest BCUT2D eigenvalue weighted by Gasteiger charge is -2.32. The Hall–Kier alpha value is -2.51. The van der Waals surface area contributed by atoms with E-state index >= 15 is 0 Å². The SMILES string of the molecule is CC(C(=O)NCC1(c2c(F)cccc2F)CCCC1)N1C(=O)NC2(CCCC2)C1=O. The van der Waals surface area contributed by atoms with Gasteiger partial charge in [-0.25, -0.2) is 18.5 Å². The van der Waals surface area contributed by atoms with Crippen molar-refractivity contribution in [2.45, 2.75) is 75.3 Å². The molecule has 1 aromatic carbocycles. The third-order valence-corrected chi connectivity index (χ3v) is 7.07. The topological polar surface area (TPSA) is 78.5 Å². The van der Waals surface area contributed by atoms with Gasteiger partial charge in [0, 0.05) is 17.5 Å². The Kier molecular flexibility index (Phi) is 5.28. The van der Waals surface area contributed by atoms with Crippen molar-refractivity contribution in [2.75, 3.05) is 6.54 Å². The Bertz CT molecular complexity index is 856. The maximum atomic E-state index is 14.5. The van der Waals surface area contributed by atoms with Gasteiger partial charge in [0.2, 0.25) is 5.91 Å². The molecule has 1 spiro atoms. The number of rotatable bonds is 5. The van der Waals surface area contributed by atoms with Crippen molar-refractivity contribution in [3.63, 3.8) is 0 Å². The maximum absolute atomic E-state index is 14.5. The number of nitrogens with one attached hydrogen (secondary N) is 2. The molecule has 1 atom stereocenters. The molecule has 6 nitrogen and oxygen atoms in total. The van der Waals surface area contributed by atoms with Crippen LogP contribution in [-0.2, 0) is 15.0 Å². The zero-order valence-corrected chi connectivity index (χ0v) is 17.1. The number of hydrogen-bond donors (Lipinski definition) is 2. The molecule has 1 unspecified atom stereocenters. The molecule has 4 rings (SSSR count). The molecule has 2 N–H and O–H groups in total. The Labute approximate surface area is 174 Å². The second-order valence-corrected chi connectivity index (χ2v) is 8.87. The van der Waals surface area contributed by atoms with E-state index in [4.69, 9.17) is 0 Å². The number of amides is 4. The number of halogens is 2. The molecule has 0 bridgehead atoms. The Morgan fingerprint density at radius 3 is 2.27 bits per heavy atom. The van der Waals surface area contributed by atoms with Gasteiger partial charge < -0.3 is 10.6 Å². The average Bonchev–Trinajstić information content (AvgIpc) is 3.41. The number of benzene rings is 1. The highest BCUT2D eigenvalue weighted by atomic mass is 19.1. The summed E-state index contributed by atoms with van der Waals surface area (Å²) in [6.07, 6.45) is 5.63. The highest BCUT2D eigenvalue weighted by Gasteiger charge is 2.54. The van der Waals surface area contributed by atoms with Crippen LogP contribution < -0.4 is 10.6 Å². The van der Waals surface area contributed by atoms with Crippen molar-refractivity contribution in [1.82, 2.24) is 15.5 Å².